The molecule has 0 bridgehead atoms. The first-order chi connectivity index (χ1) is 16.7. The van der Waals surface area contributed by atoms with Crippen LogP contribution in [0, 0.1) is 0 Å². The van der Waals surface area contributed by atoms with Gasteiger partial charge in [-0.15, -0.1) is 11.3 Å². The van der Waals surface area contributed by atoms with Gasteiger partial charge in [0.2, 0.25) is 5.91 Å². The largest absolute Gasteiger partial charge is 0.497 e. The molecule has 0 unspecified atom stereocenters. The summed E-state index contributed by atoms with van der Waals surface area (Å²) in [5.41, 5.74) is 5.57. The van der Waals surface area contributed by atoms with Gasteiger partial charge < -0.3 is 14.6 Å². The van der Waals surface area contributed by atoms with E-state index in [0.717, 1.165) is 41.4 Å². The van der Waals surface area contributed by atoms with Crippen LogP contribution in [-0.4, -0.2) is 52.1 Å². The molecule has 2 aromatic carbocycles. The number of hydrogen-bond acceptors (Lipinski definition) is 6. The van der Waals surface area contributed by atoms with Crippen LogP contribution in [0.5, 0.6) is 5.75 Å². The van der Waals surface area contributed by atoms with E-state index < -0.39 is 0 Å². The number of ether oxygens (including phenoxy) is 1. The van der Waals surface area contributed by atoms with Crippen molar-refractivity contribution in [3.05, 3.63) is 65.0 Å². The first-order valence-electron chi connectivity index (χ1n) is 11.7. The molecule has 7 nitrogen and oxygen atoms in total. The molecular weight excluding hydrogens is 446 g/mol. The van der Waals surface area contributed by atoms with Crippen LogP contribution in [0.25, 0.3) is 22.6 Å². The SMILES string of the molecule is COc1ccc([C@@H](CNC(=O)Cn2c(-c3cscn3)nc3ccccc32)N2CCCCC2)cc1. The Morgan fingerprint density at radius 2 is 1.91 bits per heavy atom. The Labute approximate surface area is 203 Å². The number of thiazole rings is 1. The zero-order valence-electron chi connectivity index (χ0n) is 19.3. The minimum Gasteiger partial charge on any atom is -0.497 e. The number of fused-ring (bicyclic) bond motifs is 1. The van der Waals surface area contributed by atoms with Crippen molar-refractivity contribution in [1.29, 1.82) is 0 Å². The van der Waals surface area contributed by atoms with Crippen molar-refractivity contribution in [2.24, 2.45) is 0 Å². The Kier molecular flexibility index (Phi) is 6.87. The van der Waals surface area contributed by atoms with Gasteiger partial charge in [-0.25, -0.2) is 9.97 Å². The van der Waals surface area contributed by atoms with Crippen molar-refractivity contribution in [3.8, 4) is 17.3 Å². The molecule has 0 saturated carbocycles. The number of nitrogens with zero attached hydrogens (tertiary/aromatic N) is 4. The van der Waals surface area contributed by atoms with E-state index in [2.05, 4.69) is 27.3 Å². The van der Waals surface area contributed by atoms with Gasteiger partial charge in [-0.05, 0) is 55.8 Å². The van der Waals surface area contributed by atoms with Crippen LogP contribution in [-0.2, 0) is 11.3 Å². The maximum absolute atomic E-state index is 13.2. The number of carbonyl (C=O) groups is 1. The van der Waals surface area contributed by atoms with E-state index in [1.54, 1.807) is 12.6 Å². The normalized spacial score (nSPS) is 15.3. The summed E-state index contributed by atoms with van der Waals surface area (Å²) in [7, 11) is 1.68. The Bertz CT molecular complexity index is 1230. The number of aromatic nitrogens is 3. The van der Waals surface area contributed by atoms with E-state index in [9.17, 15) is 4.79 Å². The Morgan fingerprint density at radius 1 is 1.12 bits per heavy atom. The van der Waals surface area contributed by atoms with Crippen molar-refractivity contribution in [2.45, 2.75) is 31.8 Å². The maximum atomic E-state index is 13.2. The molecule has 1 aliphatic heterocycles. The number of nitrogens with one attached hydrogen (secondary N) is 1. The third-order valence-corrected chi connectivity index (χ3v) is 7.03. The summed E-state index contributed by atoms with van der Waals surface area (Å²) in [6, 6.07) is 16.2. The van der Waals surface area contributed by atoms with E-state index in [0.29, 0.717) is 6.54 Å². The molecule has 1 N–H and O–H groups in total. The smallest absolute Gasteiger partial charge is 0.240 e. The minimum absolute atomic E-state index is 0.0323. The lowest BCUT2D eigenvalue weighted by molar-refractivity contribution is -0.121. The van der Waals surface area contributed by atoms with Crippen LogP contribution in [0.4, 0.5) is 0 Å². The highest BCUT2D eigenvalue weighted by molar-refractivity contribution is 7.07. The highest BCUT2D eigenvalue weighted by atomic mass is 32.1. The lowest BCUT2D eigenvalue weighted by atomic mass is 10.0. The summed E-state index contributed by atoms with van der Waals surface area (Å²) >= 11 is 1.52. The fourth-order valence-corrected chi connectivity index (χ4v) is 5.21. The molecule has 5 rings (SSSR count). The number of para-hydroxylation sites is 2. The van der Waals surface area contributed by atoms with Gasteiger partial charge in [-0.1, -0.05) is 30.7 Å². The van der Waals surface area contributed by atoms with Gasteiger partial charge in [0, 0.05) is 11.9 Å². The summed E-state index contributed by atoms with van der Waals surface area (Å²) in [6.07, 6.45) is 3.66. The number of carbonyl (C=O) groups excluding carboxylic acids is 1. The van der Waals surface area contributed by atoms with E-state index in [1.807, 2.05) is 46.3 Å². The van der Waals surface area contributed by atoms with Gasteiger partial charge in [-0.2, -0.15) is 0 Å². The second-order valence-corrected chi connectivity index (χ2v) is 9.29. The summed E-state index contributed by atoms with van der Waals surface area (Å²) < 4.78 is 7.29. The molecular formula is C26H29N5O2S. The van der Waals surface area contributed by atoms with Crippen LogP contribution in [0.3, 0.4) is 0 Å². The fourth-order valence-electron chi connectivity index (χ4n) is 4.68. The number of methoxy groups -OCH3 is 1. The topological polar surface area (TPSA) is 72.3 Å². The lowest BCUT2D eigenvalue weighted by Gasteiger charge is -2.35. The number of piperidine rings is 1. The van der Waals surface area contributed by atoms with Crippen molar-refractivity contribution < 1.29 is 9.53 Å². The quantitative estimate of drug-likeness (QED) is 0.406. The van der Waals surface area contributed by atoms with E-state index in [1.165, 1.54) is 36.2 Å². The second kappa shape index (κ2) is 10.4. The van der Waals surface area contributed by atoms with Gasteiger partial charge in [-0.3, -0.25) is 9.69 Å². The zero-order valence-corrected chi connectivity index (χ0v) is 20.1. The fraction of sp³-hybridized carbons (Fsp3) is 0.346. The average molecular weight is 476 g/mol. The molecule has 3 heterocycles. The van der Waals surface area contributed by atoms with E-state index in [4.69, 9.17) is 9.72 Å². The van der Waals surface area contributed by atoms with Crippen molar-refractivity contribution in [2.75, 3.05) is 26.7 Å². The van der Waals surface area contributed by atoms with Crippen LogP contribution >= 0.6 is 11.3 Å². The summed E-state index contributed by atoms with van der Waals surface area (Å²) in [4.78, 5) is 24.8. The van der Waals surface area contributed by atoms with Crippen LogP contribution in [0.1, 0.15) is 30.9 Å². The highest BCUT2D eigenvalue weighted by Gasteiger charge is 2.24. The lowest BCUT2D eigenvalue weighted by Crippen LogP contribution is -2.41. The van der Waals surface area contributed by atoms with Gasteiger partial charge >= 0.3 is 0 Å². The molecule has 0 spiro atoms. The number of hydrogen-bond donors (Lipinski definition) is 1. The van der Waals surface area contributed by atoms with Gasteiger partial charge in [0.15, 0.2) is 5.82 Å². The molecule has 1 amide bonds. The monoisotopic (exact) mass is 475 g/mol. The predicted molar refractivity (Wildman–Crippen MR) is 135 cm³/mol. The van der Waals surface area contributed by atoms with Crippen molar-refractivity contribution >= 4 is 28.3 Å². The molecule has 34 heavy (non-hydrogen) atoms. The Morgan fingerprint density at radius 3 is 2.65 bits per heavy atom. The molecule has 1 aliphatic rings. The first-order valence-corrected chi connectivity index (χ1v) is 12.7. The minimum atomic E-state index is -0.0323. The Balaban J connectivity index is 1.35. The van der Waals surface area contributed by atoms with Crippen molar-refractivity contribution in [1.82, 2.24) is 24.8 Å². The van der Waals surface area contributed by atoms with Gasteiger partial charge in [0.05, 0.1) is 29.7 Å². The highest BCUT2D eigenvalue weighted by Crippen LogP contribution is 2.27. The third kappa shape index (κ3) is 4.83. The summed E-state index contributed by atoms with van der Waals surface area (Å²) in [5, 5.41) is 5.17. The first kappa shape index (κ1) is 22.6. The zero-order chi connectivity index (χ0) is 23.3. The van der Waals surface area contributed by atoms with Crippen LogP contribution in [0.2, 0.25) is 0 Å². The molecule has 176 valence electrons. The van der Waals surface area contributed by atoms with Crippen LogP contribution < -0.4 is 10.1 Å². The number of rotatable bonds is 8. The van der Waals surface area contributed by atoms with Crippen molar-refractivity contribution in [3.63, 3.8) is 0 Å². The molecule has 4 aromatic rings. The molecule has 0 aliphatic carbocycles. The van der Waals surface area contributed by atoms with Crippen LogP contribution in [0.15, 0.2) is 59.4 Å². The maximum Gasteiger partial charge on any atom is 0.240 e. The average Bonchev–Trinajstić information content (AvgIpc) is 3.54. The number of likely N-dealkylation sites (tertiary alicyclic amines) is 1. The third-order valence-electron chi connectivity index (χ3n) is 6.44. The number of amides is 1. The molecule has 1 atom stereocenters. The predicted octanol–water partition coefficient (Wildman–Crippen LogP) is 4.51. The standard InChI is InChI=1S/C26H29N5O2S/c1-33-20-11-9-19(10-12-20)24(30-13-5-2-6-14-30)15-27-25(32)16-31-23-8-4-3-7-21(23)29-26(31)22-17-34-18-28-22/h3-4,7-12,17-18,24H,2,5-6,13-16H2,1H3,(H,27,32)/t24-/m1/s1. The van der Waals surface area contributed by atoms with Gasteiger partial charge in [0.1, 0.15) is 18.0 Å². The molecule has 8 heteroatoms. The molecule has 1 fully saturated rings. The molecule has 0 radical (unpaired) electrons. The number of benzene rings is 2. The summed E-state index contributed by atoms with van der Waals surface area (Å²) in [5.74, 6) is 1.53. The van der Waals surface area contributed by atoms with Gasteiger partial charge in [0.25, 0.3) is 0 Å². The Hall–Kier alpha value is -3.23. The molecule has 1 saturated heterocycles. The summed E-state index contributed by atoms with van der Waals surface area (Å²) in [6.45, 7) is 2.85. The molecule has 2 aromatic heterocycles. The number of imidazole rings is 1. The van der Waals surface area contributed by atoms with E-state index in [-0.39, 0.29) is 18.5 Å². The second-order valence-electron chi connectivity index (χ2n) is 8.57. The van der Waals surface area contributed by atoms with E-state index >= 15 is 0 Å².